The van der Waals surface area contributed by atoms with Crippen molar-refractivity contribution < 1.29 is 19.8 Å². The van der Waals surface area contributed by atoms with E-state index in [1.165, 1.54) is 5.69 Å². The summed E-state index contributed by atoms with van der Waals surface area (Å²) in [5, 5.41) is 13.8. The van der Waals surface area contributed by atoms with Crippen LogP contribution in [0.25, 0.3) is 0 Å². The van der Waals surface area contributed by atoms with Crippen LogP contribution in [0.15, 0.2) is 41.7 Å². The van der Waals surface area contributed by atoms with Crippen molar-refractivity contribution in [3.63, 3.8) is 0 Å². The van der Waals surface area contributed by atoms with Crippen LogP contribution >= 0.6 is 0 Å². The summed E-state index contributed by atoms with van der Waals surface area (Å²) in [5.41, 5.74) is 4.25. The van der Waals surface area contributed by atoms with Crippen LogP contribution in [-0.4, -0.2) is 77.6 Å². The molecule has 2 aliphatic rings. The Bertz CT molecular complexity index is 1210. The highest BCUT2D eigenvalue weighted by atomic mass is 16.3. The van der Waals surface area contributed by atoms with Crippen LogP contribution < -0.4 is 5.56 Å². The summed E-state index contributed by atoms with van der Waals surface area (Å²) >= 11 is 0. The Morgan fingerprint density at radius 3 is 2.49 bits per heavy atom. The Balaban J connectivity index is 0.000000580. The first-order valence-electron chi connectivity index (χ1n) is 11.9. The van der Waals surface area contributed by atoms with Gasteiger partial charge in [-0.3, -0.25) is 34.2 Å². The fourth-order valence-electron chi connectivity index (χ4n) is 5.13. The summed E-state index contributed by atoms with van der Waals surface area (Å²) in [6, 6.07) is 4.20. The van der Waals surface area contributed by atoms with Gasteiger partial charge in [0.1, 0.15) is 5.82 Å². The highest BCUT2D eigenvalue weighted by Gasteiger charge is 2.35. The van der Waals surface area contributed by atoms with Gasteiger partial charge >= 0.3 is 0 Å². The minimum Gasteiger partial charge on any atom is -0.483 e. The zero-order valence-electron chi connectivity index (χ0n) is 21.0. The van der Waals surface area contributed by atoms with Gasteiger partial charge in [-0.2, -0.15) is 0 Å². The summed E-state index contributed by atoms with van der Waals surface area (Å²) < 4.78 is 2.04. The molecule has 2 atom stereocenters. The van der Waals surface area contributed by atoms with Crippen LogP contribution in [0.4, 0.5) is 0 Å². The minimum atomic E-state index is -0.250. The maximum Gasteiger partial charge on any atom is 0.290 e. The van der Waals surface area contributed by atoms with Crippen LogP contribution in [0.1, 0.15) is 40.8 Å². The molecule has 1 fully saturated rings. The molecule has 12 heteroatoms. The number of aromatic nitrogens is 5. The number of carbonyl (C=O) groups is 2. The van der Waals surface area contributed by atoms with Crippen molar-refractivity contribution in [2.24, 2.45) is 5.92 Å². The molecule has 0 radical (unpaired) electrons. The van der Waals surface area contributed by atoms with Crippen molar-refractivity contribution in [2.45, 2.75) is 45.4 Å². The van der Waals surface area contributed by atoms with Crippen LogP contribution in [0.5, 0.6) is 0 Å². The van der Waals surface area contributed by atoms with E-state index >= 15 is 0 Å². The number of aryl methyl sites for hydroxylation is 1. The Morgan fingerprint density at radius 2 is 1.84 bits per heavy atom. The molecule has 0 spiro atoms. The minimum absolute atomic E-state index is 0.164. The fourth-order valence-corrected chi connectivity index (χ4v) is 5.13. The second-order valence-electron chi connectivity index (χ2n) is 9.28. The van der Waals surface area contributed by atoms with E-state index in [0.717, 1.165) is 55.4 Å². The van der Waals surface area contributed by atoms with Crippen molar-refractivity contribution in [1.82, 2.24) is 34.3 Å². The van der Waals surface area contributed by atoms with Gasteiger partial charge in [0.2, 0.25) is 0 Å². The molecule has 5 heterocycles. The number of likely N-dealkylation sites (tertiary alicyclic amines) is 1. The van der Waals surface area contributed by atoms with E-state index in [-0.39, 0.29) is 18.5 Å². The summed E-state index contributed by atoms with van der Waals surface area (Å²) in [4.78, 5) is 50.8. The van der Waals surface area contributed by atoms with Crippen LogP contribution in [0, 0.1) is 12.8 Å². The first-order valence-corrected chi connectivity index (χ1v) is 11.9. The smallest absolute Gasteiger partial charge is 0.290 e. The molecule has 0 aliphatic carbocycles. The van der Waals surface area contributed by atoms with Crippen LogP contribution in [-0.2, 0) is 35.8 Å². The number of piperidine rings is 1. The molecule has 3 aromatic heterocycles. The van der Waals surface area contributed by atoms with Gasteiger partial charge in [0.15, 0.2) is 0 Å². The molecule has 198 valence electrons. The van der Waals surface area contributed by atoms with Gasteiger partial charge in [-0.05, 0) is 32.4 Å². The Kier molecular flexibility index (Phi) is 10.0. The number of fused-ring (bicyclic) bond motifs is 4. The van der Waals surface area contributed by atoms with Gasteiger partial charge in [-0.15, -0.1) is 0 Å². The molecule has 0 aromatic carbocycles. The number of nitrogens with one attached hydrogen (secondary N) is 1. The maximum atomic E-state index is 13.3. The molecule has 3 aromatic rings. The summed E-state index contributed by atoms with van der Waals surface area (Å²) in [7, 11) is 2.03. The lowest BCUT2D eigenvalue weighted by molar-refractivity contribution is -0.123. The number of aromatic amines is 1. The van der Waals surface area contributed by atoms with Crippen molar-refractivity contribution in [3.05, 3.63) is 75.7 Å². The summed E-state index contributed by atoms with van der Waals surface area (Å²) in [6.07, 6.45) is 8.30. The topological polar surface area (TPSA) is 158 Å². The number of hydrogen-bond donors (Lipinski definition) is 3. The Morgan fingerprint density at radius 1 is 1.08 bits per heavy atom. The van der Waals surface area contributed by atoms with Crippen molar-refractivity contribution in [2.75, 3.05) is 20.1 Å². The Labute approximate surface area is 214 Å². The van der Waals surface area contributed by atoms with Gasteiger partial charge in [-0.1, -0.05) is 6.07 Å². The maximum absolute atomic E-state index is 13.3. The van der Waals surface area contributed by atoms with Crippen LogP contribution in [0.3, 0.4) is 0 Å². The fraction of sp³-hybridized carbons (Fsp3) is 0.440. The molecule has 0 unspecified atom stereocenters. The number of hydrogen-bond acceptors (Lipinski definition) is 8. The van der Waals surface area contributed by atoms with Crippen molar-refractivity contribution in [1.29, 1.82) is 0 Å². The van der Waals surface area contributed by atoms with Gasteiger partial charge < -0.3 is 19.8 Å². The average molecular weight is 512 g/mol. The zero-order chi connectivity index (χ0) is 26.8. The highest BCUT2D eigenvalue weighted by molar-refractivity contribution is 5.33. The largest absolute Gasteiger partial charge is 0.483 e. The molecule has 1 saturated heterocycles. The van der Waals surface area contributed by atoms with Gasteiger partial charge in [0.05, 0.1) is 12.2 Å². The number of carboxylic acid groups (broad SMARTS) is 2. The predicted molar refractivity (Wildman–Crippen MR) is 135 cm³/mol. The number of pyridine rings is 1. The first kappa shape index (κ1) is 27.7. The molecule has 0 saturated carbocycles. The quantitative estimate of drug-likeness (QED) is 0.412. The van der Waals surface area contributed by atoms with E-state index < -0.39 is 0 Å². The summed E-state index contributed by atoms with van der Waals surface area (Å²) in [5.74, 6) is 1.82. The third kappa shape index (κ3) is 7.54. The normalized spacial score (nSPS) is 18.0. The van der Waals surface area contributed by atoms with Gasteiger partial charge in [0, 0.05) is 80.4 Å². The molecule has 12 nitrogen and oxygen atoms in total. The zero-order valence-corrected chi connectivity index (χ0v) is 21.0. The average Bonchev–Trinajstić information content (AvgIpc) is 3.27. The highest BCUT2D eigenvalue weighted by Crippen LogP contribution is 2.35. The van der Waals surface area contributed by atoms with Gasteiger partial charge in [-0.25, -0.2) is 4.98 Å². The molecule has 0 amide bonds. The lowest BCUT2D eigenvalue weighted by Crippen LogP contribution is -2.47. The van der Waals surface area contributed by atoms with E-state index in [1.807, 2.05) is 37.0 Å². The number of rotatable bonds is 6. The molecular formula is C25H33N7O5. The third-order valence-electron chi connectivity index (χ3n) is 6.38. The number of H-pyrrole nitrogens is 1. The molecule has 2 aliphatic heterocycles. The van der Waals surface area contributed by atoms with E-state index in [4.69, 9.17) is 19.8 Å². The molecule has 5 rings (SSSR count). The lowest BCUT2D eigenvalue weighted by Gasteiger charge is -2.42. The van der Waals surface area contributed by atoms with E-state index in [0.29, 0.717) is 24.9 Å². The second-order valence-corrected chi connectivity index (χ2v) is 9.28. The van der Waals surface area contributed by atoms with Crippen molar-refractivity contribution in [3.8, 4) is 0 Å². The standard InChI is InChI=1S/C23H29N7O.2CH2O2/c1-16-8-26-22(27-16)15-28(2)12-18-3-4-21-19-7-17(11-30(21)23(18)31)10-29(13-19)14-20-9-24-5-6-25-20;2*2-1-3/h3-6,8-9,17,19H,7,10-15H2,1-2H3,(H,26,27);2*1H,(H,2,3)/t17-,19+;;/m0../s1. The van der Waals surface area contributed by atoms with Crippen LogP contribution in [0.2, 0.25) is 0 Å². The molecule has 37 heavy (non-hydrogen) atoms. The third-order valence-corrected chi connectivity index (χ3v) is 6.38. The monoisotopic (exact) mass is 511 g/mol. The predicted octanol–water partition coefficient (Wildman–Crippen LogP) is 1.32. The van der Waals surface area contributed by atoms with E-state index in [1.54, 1.807) is 12.4 Å². The molecule has 3 N–H and O–H groups in total. The summed E-state index contributed by atoms with van der Waals surface area (Å²) in [6.45, 7) is 6.39. The van der Waals surface area contributed by atoms with E-state index in [2.05, 4.69) is 35.8 Å². The second kappa shape index (κ2) is 13.4. The number of nitrogens with zero attached hydrogens (tertiary/aromatic N) is 6. The number of imidazole rings is 1. The Hall–Kier alpha value is -3.90. The first-order chi connectivity index (χ1) is 17.9. The van der Waals surface area contributed by atoms with Gasteiger partial charge in [0.25, 0.3) is 18.5 Å². The molecule has 2 bridgehead atoms. The molecular weight excluding hydrogens is 478 g/mol. The SMILES string of the molecule is Cc1cnc(CN(C)Cc2ccc3n(c2=O)C[C@H]2C[C@@H]3CN(Cc3cnccn3)C2)[nH]1.O=CO.O=CO. The lowest BCUT2D eigenvalue weighted by atomic mass is 9.83. The van der Waals surface area contributed by atoms with E-state index in [9.17, 15) is 4.79 Å². The van der Waals surface area contributed by atoms with Crippen molar-refractivity contribution >= 4 is 12.9 Å².